The van der Waals surface area contributed by atoms with Crippen LogP contribution in [-0.2, 0) is 29.0 Å². The number of sulfone groups is 1. The summed E-state index contributed by atoms with van der Waals surface area (Å²) in [5.41, 5.74) is -0.458. The van der Waals surface area contributed by atoms with Crippen LogP contribution in [0.4, 0.5) is 4.79 Å². The summed E-state index contributed by atoms with van der Waals surface area (Å²) in [6.45, 7) is 21.2. The van der Waals surface area contributed by atoms with Crippen LogP contribution in [0, 0.1) is 11.3 Å². The van der Waals surface area contributed by atoms with Gasteiger partial charge in [-0.25, -0.2) is 13.2 Å². The molecule has 0 aromatic rings. The van der Waals surface area contributed by atoms with Crippen molar-refractivity contribution in [1.82, 2.24) is 26.2 Å². The first-order chi connectivity index (χ1) is 23.4. The van der Waals surface area contributed by atoms with E-state index in [1.54, 1.807) is 4.90 Å². The number of hydrogen-bond donors (Lipinski definition) is 4. The fourth-order valence-electron chi connectivity index (χ4n) is 4.82. The van der Waals surface area contributed by atoms with Crippen molar-refractivity contribution in [3.05, 3.63) is 0 Å². The smallest absolute Gasteiger partial charge is 0.315 e. The van der Waals surface area contributed by atoms with Crippen molar-refractivity contribution in [2.24, 2.45) is 11.3 Å². The average Bonchev–Trinajstić information content (AvgIpc) is 3.98. The molecule has 13 heteroatoms. The Hall–Kier alpha value is -2.70. The van der Waals surface area contributed by atoms with Crippen molar-refractivity contribution < 1.29 is 32.4 Å². The highest BCUT2D eigenvalue weighted by atomic mass is 32.2. The summed E-state index contributed by atoms with van der Waals surface area (Å²) in [5.74, 6) is 0.427. The maximum absolute atomic E-state index is 13.4. The highest BCUT2D eigenvalue weighted by molar-refractivity contribution is 7.90. The summed E-state index contributed by atoms with van der Waals surface area (Å²) in [6, 6.07) is -1.04. The van der Waals surface area contributed by atoms with E-state index in [1.807, 2.05) is 48.5 Å². The molecule has 0 aromatic heterocycles. The quantitative estimate of drug-likeness (QED) is 0.103. The molecular weight excluding hydrogens is 659 g/mol. The third kappa shape index (κ3) is 25.3. The molecule has 294 valence electrons. The van der Waals surface area contributed by atoms with Gasteiger partial charge in [0.15, 0.2) is 0 Å². The Morgan fingerprint density at radius 2 is 1.50 bits per heavy atom. The van der Waals surface area contributed by atoms with Crippen LogP contribution in [0.2, 0.25) is 0 Å². The lowest BCUT2D eigenvalue weighted by atomic mass is 9.85. The SMILES string of the molecule is CC.CCC.CCCCNC(=O)NC(C(=O)N1CCCC1C(=O)NC(C)CCC1CC1)C(C)(C)C.CCCS(C)(=O)=O.O=CC(=O)NC1CC1. The molecule has 2 saturated carbocycles. The Labute approximate surface area is 304 Å². The lowest BCUT2D eigenvalue weighted by Crippen LogP contribution is -2.59. The summed E-state index contributed by atoms with van der Waals surface area (Å²) >= 11 is 0. The summed E-state index contributed by atoms with van der Waals surface area (Å²) in [7, 11) is -2.67. The van der Waals surface area contributed by atoms with Gasteiger partial charge < -0.3 is 26.2 Å². The molecular formula is C37H73N5O7S. The number of carbonyl (C=O) groups is 5. The lowest BCUT2D eigenvalue weighted by molar-refractivity contribution is -0.142. The normalized spacial score (nSPS) is 17.6. The monoisotopic (exact) mass is 732 g/mol. The van der Waals surface area contributed by atoms with E-state index in [0.717, 1.165) is 57.3 Å². The molecule has 3 aliphatic rings. The summed E-state index contributed by atoms with van der Waals surface area (Å²) in [5, 5.41) is 11.3. The van der Waals surface area contributed by atoms with Crippen molar-refractivity contribution in [2.75, 3.05) is 25.1 Å². The summed E-state index contributed by atoms with van der Waals surface area (Å²) in [4.78, 5) is 60.1. The first-order valence-corrected chi connectivity index (χ1v) is 21.1. The molecule has 1 aliphatic heterocycles. The van der Waals surface area contributed by atoms with Crippen LogP contribution in [-0.4, -0.2) is 92.6 Å². The number of carbonyl (C=O) groups excluding carboxylic acids is 5. The van der Waals surface area contributed by atoms with Gasteiger partial charge in [-0.05, 0) is 69.6 Å². The summed E-state index contributed by atoms with van der Waals surface area (Å²) < 4.78 is 20.5. The largest absolute Gasteiger partial charge is 0.352 e. The van der Waals surface area contributed by atoms with E-state index in [9.17, 15) is 32.4 Å². The topological polar surface area (TPSA) is 171 Å². The van der Waals surface area contributed by atoms with Gasteiger partial charge in [0.25, 0.3) is 5.91 Å². The Kier molecular flexibility index (Phi) is 26.7. The van der Waals surface area contributed by atoms with E-state index < -0.39 is 33.2 Å². The van der Waals surface area contributed by atoms with Crippen molar-refractivity contribution >= 4 is 39.9 Å². The standard InChI is InChI=1S/C23H42N4O3.C5H7NO2.C4H10O2S.C3H8.C2H6/c1-6-7-14-24-22(30)26-19(23(3,4)5)21(29)27-15-8-9-18(27)20(28)25-16(2)10-11-17-12-13-17;7-3-5(8)6-4-1-2-4;1-3-4-7(2,5)6;1-3-2;1-2/h16-19H,6-15H2,1-5H3,(H,25,28)(H2,24,26,30);3-4H,1-2H2,(H,6,8);3-4H2,1-2H3;3H2,1-2H3;1-2H3. The predicted octanol–water partition coefficient (Wildman–Crippen LogP) is 5.53. The van der Waals surface area contributed by atoms with Crippen LogP contribution in [0.5, 0.6) is 0 Å². The van der Waals surface area contributed by atoms with Gasteiger partial charge in [0.1, 0.15) is 21.9 Å². The van der Waals surface area contributed by atoms with Gasteiger partial charge in [-0.15, -0.1) is 0 Å². The Morgan fingerprint density at radius 1 is 0.920 bits per heavy atom. The van der Waals surface area contributed by atoms with Gasteiger partial charge in [0.05, 0.1) is 0 Å². The molecule has 1 saturated heterocycles. The predicted molar refractivity (Wildman–Crippen MR) is 204 cm³/mol. The van der Waals surface area contributed by atoms with Crippen LogP contribution in [0.25, 0.3) is 0 Å². The highest BCUT2D eigenvalue weighted by Gasteiger charge is 2.42. The molecule has 0 radical (unpaired) electrons. The van der Waals surface area contributed by atoms with Gasteiger partial charge in [-0.1, -0.05) is 88.0 Å². The van der Waals surface area contributed by atoms with E-state index in [1.165, 1.54) is 25.5 Å². The Morgan fingerprint density at radius 3 is 1.92 bits per heavy atom. The number of nitrogens with one attached hydrogen (secondary N) is 4. The zero-order valence-electron chi connectivity index (χ0n) is 33.3. The van der Waals surface area contributed by atoms with E-state index in [0.29, 0.717) is 37.6 Å². The van der Waals surface area contributed by atoms with E-state index in [2.05, 4.69) is 42.0 Å². The molecule has 0 bridgehead atoms. The molecule has 3 fully saturated rings. The first-order valence-electron chi connectivity index (χ1n) is 19.0. The van der Waals surface area contributed by atoms with Crippen LogP contribution in [0.3, 0.4) is 0 Å². The Balaban J connectivity index is 0. The fourth-order valence-corrected chi connectivity index (χ4v) is 5.56. The van der Waals surface area contributed by atoms with E-state index in [4.69, 9.17) is 0 Å². The Bertz CT molecular complexity index is 1090. The average molecular weight is 732 g/mol. The number of rotatable bonds is 14. The zero-order chi connectivity index (χ0) is 38.9. The van der Waals surface area contributed by atoms with Gasteiger partial charge in [-0.2, -0.15) is 0 Å². The molecule has 2 aliphatic carbocycles. The zero-order valence-corrected chi connectivity index (χ0v) is 34.1. The molecule has 0 aromatic carbocycles. The maximum atomic E-state index is 13.4. The van der Waals surface area contributed by atoms with E-state index >= 15 is 0 Å². The van der Waals surface area contributed by atoms with Crippen LogP contribution < -0.4 is 21.3 Å². The van der Waals surface area contributed by atoms with Crippen molar-refractivity contribution in [1.29, 1.82) is 0 Å². The molecule has 12 nitrogen and oxygen atoms in total. The third-order valence-corrected chi connectivity index (χ3v) is 8.89. The summed E-state index contributed by atoms with van der Waals surface area (Å²) in [6.07, 6.45) is 13.7. The molecule has 1 heterocycles. The molecule has 4 N–H and O–H groups in total. The minimum Gasteiger partial charge on any atom is -0.352 e. The number of hydrogen-bond acceptors (Lipinski definition) is 7. The fraction of sp³-hybridized carbons (Fsp3) is 0.865. The molecule has 5 amide bonds. The number of urea groups is 1. The molecule has 0 spiro atoms. The van der Waals surface area contributed by atoms with Crippen molar-refractivity contribution in [3.63, 3.8) is 0 Å². The van der Waals surface area contributed by atoms with Crippen molar-refractivity contribution in [2.45, 2.75) is 170 Å². The number of nitrogens with zero attached hydrogens (tertiary/aromatic N) is 1. The number of unbranched alkanes of at least 4 members (excludes halogenated alkanes) is 1. The van der Waals surface area contributed by atoms with Crippen LogP contribution in [0.1, 0.15) is 146 Å². The number of amides is 5. The highest BCUT2D eigenvalue weighted by Crippen LogP contribution is 2.34. The van der Waals surface area contributed by atoms with Gasteiger partial charge in [-0.3, -0.25) is 19.2 Å². The second-order valence-corrected chi connectivity index (χ2v) is 16.7. The van der Waals surface area contributed by atoms with Crippen LogP contribution in [0.15, 0.2) is 0 Å². The van der Waals surface area contributed by atoms with Crippen molar-refractivity contribution in [3.8, 4) is 0 Å². The lowest BCUT2D eigenvalue weighted by Gasteiger charge is -2.35. The van der Waals surface area contributed by atoms with Gasteiger partial charge in [0.2, 0.25) is 18.1 Å². The molecule has 50 heavy (non-hydrogen) atoms. The van der Waals surface area contributed by atoms with Gasteiger partial charge in [0, 0.05) is 37.2 Å². The molecule has 3 unspecified atom stereocenters. The van der Waals surface area contributed by atoms with Gasteiger partial charge >= 0.3 is 6.03 Å². The number of likely N-dealkylation sites (tertiary alicyclic amines) is 1. The second-order valence-electron chi connectivity index (χ2n) is 14.4. The third-order valence-electron chi connectivity index (χ3n) is 7.74. The molecule has 3 rings (SSSR count). The molecule has 3 atom stereocenters. The second kappa shape index (κ2) is 27.0. The minimum absolute atomic E-state index is 0.0656. The number of aldehydes is 1. The van der Waals surface area contributed by atoms with Crippen LogP contribution >= 0.6 is 0 Å². The minimum atomic E-state index is -2.67. The maximum Gasteiger partial charge on any atom is 0.315 e. The van der Waals surface area contributed by atoms with E-state index in [-0.39, 0.29) is 23.9 Å². The first kappa shape index (κ1) is 49.4.